The molecule has 1 unspecified atom stereocenters. The monoisotopic (exact) mass is 783 g/mol. The van der Waals surface area contributed by atoms with Crippen LogP contribution in [-0.2, 0) is 32.7 Å². The van der Waals surface area contributed by atoms with Gasteiger partial charge in [-0.25, -0.2) is 4.57 Å². The van der Waals surface area contributed by atoms with Crippen LogP contribution in [0, 0.1) is 0 Å². The number of hydrogen-bond donors (Lipinski definition) is 1. The highest BCUT2D eigenvalue weighted by molar-refractivity contribution is 7.47. The fourth-order valence-corrected chi connectivity index (χ4v) is 6.17. The van der Waals surface area contributed by atoms with Crippen molar-refractivity contribution < 1.29 is 42.1 Å². The number of phosphoric acid groups is 1. The first kappa shape index (κ1) is 52.0. The van der Waals surface area contributed by atoms with E-state index in [1.807, 2.05) is 21.1 Å². The number of nitrogens with zero attached hydrogens (tertiary/aromatic N) is 1. The van der Waals surface area contributed by atoms with E-state index >= 15 is 0 Å². The maximum absolute atomic E-state index is 12.6. The fraction of sp³-hybridized carbons (Fsp3) is 0.773. The molecular formula is C44H81NO8P+. The summed E-state index contributed by atoms with van der Waals surface area (Å²) in [5.74, 6) is -0.851. The van der Waals surface area contributed by atoms with E-state index in [-0.39, 0.29) is 32.0 Å². The Morgan fingerprint density at radius 3 is 1.57 bits per heavy atom. The lowest BCUT2D eigenvalue weighted by molar-refractivity contribution is -0.870. The summed E-state index contributed by atoms with van der Waals surface area (Å²) in [6.07, 6.45) is 41.6. The predicted molar refractivity (Wildman–Crippen MR) is 224 cm³/mol. The average molecular weight is 783 g/mol. The molecule has 1 N–H and O–H groups in total. The highest BCUT2D eigenvalue weighted by Gasteiger charge is 2.27. The third kappa shape index (κ3) is 39.7. The first-order chi connectivity index (χ1) is 26.0. The zero-order valence-corrected chi connectivity index (χ0v) is 36.1. The Morgan fingerprint density at radius 1 is 0.574 bits per heavy atom. The van der Waals surface area contributed by atoms with E-state index in [1.54, 1.807) is 0 Å². The summed E-state index contributed by atoms with van der Waals surface area (Å²) in [5, 5.41) is 0. The van der Waals surface area contributed by atoms with Crippen LogP contribution in [0.5, 0.6) is 0 Å². The lowest BCUT2D eigenvalue weighted by Crippen LogP contribution is -2.37. The molecule has 10 heteroatoms. The van der Waals surface area contributed by atoms with Gasteiger partial charge >= 0.3 is 19.8 Å². The van der Waals surface area contributed by atoms with Gasteiger partial charge in [-0.1, -0.05) is 127 Å². The summed E-state index contributed by atoms with van der Waals surface area (Å²) in [4.78, 5) is 35.3. The largest absolute Gasteiger partial charge is 0.472 e. The Morgan fingerprint density at radius 2 is 1.00 bits per heavy atom. The summed E-state index contributed by atoms with van der Waals surface area (Å²) in [7, 11) is 1.44. The summed E-state index contributed by atoms with van der Waals surface area (Å²) >= 11 is 0. The van der Waals surface area contributed by atoms with Crippen LogP contribution in [0.15, 0.2) is 48.6 Å². The Hall–Kier alpha value is -2.03. The lowest BCUT2D eigenvalue weighted by atomic mass is 10.1. The summed E-state index contributed by atoms with van der Waals surface area (Å²) < 4.78 is 34.2. The van der Waals surface area contributed by atoms with Crippen LogP contribution in [0.4, 0.5) is 0 Å². The molecular weight excluding hydrogens is 701 g/mol. The number of esters is 2. The van der Waals surface area contributed by atoms with Crippen molar-refractivity contribution in [3.63, 3.8) is 0 Å². The molecule has 0 saturated heterocycles. The molecule has 0 aliphatic carbocycles. The van der Waals surface area contributed by atoms with Gasteiger partial charge < -0.3 is 18.9 Å². The average Bonchev–Trinajstić information content (AvgIpc) is 3.12. The number of likely N-dealkylation sites (N-methyl/N-ethyl adjacent to an activating group) is 1. The second-order valence-corrected chi connectivity index (χ2v) is 16.8. The molecule has 54 heavy (non-hydrogen) atoms. The van der Waals surface area contributed by atoms with Crippen molar-refractivity contribution in [1.82, 2.24) is 0 Å². The second kappa shape index (κ2) is 36.6. The van der Waals surface area contributed by atoms with Crippen molar-refractivity contribution in [2.24, 2.45) is 0 Å². The van der Waals surface area contributed by atoms with Gasteiger partial charge in [-0.2, -0.15) is 0 Å². The van der Waals surface area contributed by atoms with E-state index in [0.717, 1.165) is 64.2 Å². The van der Waals surface area contributed by atoms with Crippen LogP contribution >= 0.6 is 7.82 Å². The first-order valence-electron chi connectivity index (χ1n) is 21.4. The number of unbranched alkanes of at least 4 members (excludes halogenated alkanes) is 16. The SMILES string of the molecule is CCCCC/C=C/C/C=C/C/C=C/CCCCC(=O)O[C@H](COC(=O)CCCCCCCCC/C=C/CCCCCC)COP(=O)(O)OCC[N+](C)(C)C. The fourth-order valence-electron chi connectivity index (χ4n) is 5.43. The highest BCUT2D eigenvalue weighted by Crippen LogP contribution is 2.43. The number of allylic oxidation sites excluding steroid dienone is 8. The molecule has 0 aliphatic rings. The van der Waals surface area contributed by atoms with Crippen molar-refractivity contribution >= 4 is 19.8 Å². The quantitative estimate of drug-likeness (QED) is 0.0217. The van der Waals surface area contributed by atoms with Gasteiger partial charge in [0.25, 0.3) is 0 Å². The van der Waals surface area contributed by atoms with Gasteiger partial charge in [0.1, 0.15) is 19.8 Å². The molecule has 0 rings (SSSR count). The number of quaternary nitrogens is 1. The van der Waals surface area contributed by atoms with Gasteiger partial charge in [0, 0.05) is 12.8 Å². The lowest BCUT2D eigenvalue weighted by Gasteiger charge is -2.24. The molecule has 0 heterocycles. The minimum Gasteiger partial charge on any atom is -0.462 e. The minimum atomic E-state index is -4.38. The normalized spacial score (nSPS) is 14.1. The minimum absolute atomic E-state index is 0.0224. The molecule has 0 fully saturated rings. The molecule has 0 spiro atoms. The summed E-state index contributed by atoms with van der Waals surface area (Å²) in [6.45, 7) is 4.32. The number of carbonyl (C=O) groups is 2. The molecule has 0 aliphatic heterocycles. The third-order valence-electron chi connectivity index (χ3n) is 8.83. The smallest absolute Gasteiger partial charge is 0.462 e. The van der Waals surface area contributed by atoms with Crippen LogP contribution in [0.3, 0.4) is 0 Å². The topological polar surface area (TPSA) is 108 Å². The molecule has 0 aromatic rings. The molecule has 9 nitrogen and oxygen atoms in total. The molecule has 314 valence electrons. The van der Waals surface area contributed by atoms with Gasteiger partial charge in [0.15, 0.2) is 6.10 Å². The summed E-state index contributed by atoms with van der Waals surface area (Å²) in [6, 6.07) is 0. The number of phosphoric ester groups is 1. The highest BCUT2D eigenvalue weighted by atomic mass is 31.2. The molecule has 0 aromatic heterocycles. The Balaban J connectivity index is 4.46. The van der Waals surface area contributed by atoms with E-state index < -0.39 is 26.5 Å². The Labute approximate surface area is 331 Å². The predicted octanol–water partition coefficient (Wildman–Crippen LogP) is 11.9. The van der Waals surface area contributed by atoms with Crippen LogP contribution < -0.4 is 0 Å². The van der Waals surface area contributed by atoms with E-state index in [2.05, 4.69) is 62.5 Å². The molecule has 0 radical (unpaired) electrons. The van der Waals surface area contributed by atoms with E-state index in [9.17, 15) is 19.0 Å². The Kier molecular flexibility index (Phi) is 35.2. The molecule has 0 bridgehead atoms. The Bertz CT molecular complexity index is 1070. The molecule has 0 amide bonds. The number of ether oxygens (including phenoxy) is 2. The number of carbonyl (C=O) groups excluding carboxylic acids is 2. The van der Waals surface area contributed by atoms with Gasteiger partial charge in [0.2, 0.25) is 0 Å². The number of hydrogen-bond acceptors (Lipinski definition) is 7. The van der Waals surface area contributed by atoms with Crippen molar-refractivity contribution in [1.29, 1.82) is 0 Å². The van der Waals surface area contributed by atoms with Gasteiger partial charge in [0.05, 0.1) is 27.7 Å². The van der Waals surface area contributed by atoms with Crippen LogP contribution in [0.25, 0.3) is 0 Å². The van der Waals surface area contributed by atoms with E-state index in [0.29, 0.717) is 17.4 Å². The van der Waals surface area contributed by atoms with Gasteiger partial charge in [-0.05, 0) is 77.0 Å². The maximum Gasteiger partial charge on any atom is 0.472 e. The van der Waals surface area contributed by atoms with Crippen LogP contribution in [-0.4, -0.2) is 74.9 Å². The molecule has 2 atom stereocenters. The van der Waals surface area contributed by atoms with Crippen LogP contribution in [0.1, 0.15) is 168 Å². The van der Waals surface area contributed by atoms with E-state index in [1.165, 1.54) is 70.6 Å². The van der Waals surface area contributed by atoms with Crippen molar-refractivity contribution in [3.8, 4) is 0 Å². The zero-order chi connectivity index (χ0) is 40.0. The first-order valence-corrected chi connectivity index (χ1v) is 22.9. The standard InChI is InChI=1S/C44H80NO8P/c1-6-8-10-12-14-16-18-20-22-24-26-28-30-32-34-36-43(46)50-40-42(41-52-54(48,49)51-39-38-45(3,4)5)53-44(47)37-35-33-31-29-27-25-23-21-19-17-15-13-11-9-7-2/h15-18,21,23,27,29,42H,6-14,19-20,22,24-26,28,30-41H2,1-5H3/p+1/b17-15+,18-16+,23-21+,29-27+/t42-/m1/s1. The zero-order valence-electron chi connectivity index (χ0n) is 35.2. The summed E-state index contributed by atoms with van der Waals surface area (Å²) in [5.41, 5.74) is 0. The number of rotatable bonds is 38. The van der Waals surface area contributed by atoms with Crippen LogP contribution in [0.2, 0.25) is 0 Å². The third-order valence-corrected chi connectivity index (χ3v) is 9.82. The van der Waals surface area contributed by atoms with Gasteiger partial charge in [-0.15, -0.1) is 0 Å². The second-order valence-electron chi connectivity index (χ2n) is 15.4. The van der Waals surface area contributed by atoms with E-state index in [4.69, 9.17) is 18.5 Å². The van der Waals surface area contributed by atoms with Crippen molar-refractivity contribution in [3.05, 3.63) is 48.6 Å². The van der Waals surface area contributed by atoms with Crippen molar-refractivity contribution in [2.45, 2.75) is 174 Å². The molecule has 0 aromatic carbocycles. The van der Waals surface area contributed by atoms with Crippen molar-refractivity contribution in [2.75, 3.05) is 47.5 Å². The maximum atomic E-state index is 12.6. The van der Waals surface area contributed by atoms with Gasteiger partial charge in [-0.3, -0.25) is 18.6 Å². The molecule has 0 saturated carbocycles.